The van der Waals surface area contributed by atoms with Gasteiger partial charge in [0.1, 0.15) is 11.6 Å². The van der Waals surface area contributed by atoms with Crippen LogP contribution in [0.2, 0.25) is 10.0 Å². The summed E-state index contributed by atoms with van der Waals surface area (Å²) >= 11 is 18.1. The van der Waals surface area contributed by atoms with Crippen molar-refractivity contribution in [3.8, 4) is 11.5 Å². The van der Waals surface area contributed by atoms with Crippen LogP contribution in [-0.2, 0) is 13.2 Å². The fraction of sp³-hybridized carbons (Fsp3) is 0.136. The maximum atomic E-state index is 6.46. The number of thiocarbonyl (C=S) groups is 1. The van der Waals surface area contributed by atoms with Crippen LogP contribution in [0.3, 0.4) is 0 Å². The van der Waals surface area contributed by atoms with Crippen LogP contribution in [0.25, 0.3) is 0 Å². The second-order valence-corrected chi connectivity index (χ2v) is 7.26. The van der Waals surface area contributed by atoms with Gasteiger partial charge in [0.2, 0.25) is 0 Å². The lowest BCUT2D eigenvalue weighted by molar-refractivity contribution is 0.285. The molecule has 0 aliphatic heterocycles. The number of hydrogen-bond acceptors (Lipinski definition) is 3. The van der Waals surface area contributed by atoms with Crippen molar-refractivity contribution in [2.75, 3.05) is 7.11 Å². The van der Waals surface area contributed by atoms with Gasteiger partial charge in [-0.25, -0.2) is 0 Å². The molecule has 0 fully saturated rings. The zero-order valence-electron chi connectivity index (χ0n) is 15.2. The molecule has 0 aliphatic rings. The number of benzene rings is 3. The Labute approximate surface area is 180 Å². The Morgan fingerprint density at radius 3 is 2.39 bits per heavy atom. The lowest BCUT2D eigenvalue weighted by atomic mass is 10.1. The molecule has 3 nitrogen and oxygen atoms in total. The fourth-order valence-electron chi connectivity index (χ4n) is 2.64. The molecule has 28 heavy (non-hydrogen) atoms. The van der Waals surface area contributed by atoms with Gasteiger partial charge >= 0.3 is 0 Å². The third-order valence-electron chi connectivity index (χ3n) is 4.12. The molecule has 3 rings (SSSR count). The summed E-state index contributed by atoms with van der Waals surface area (Å²) in [7, 11) is 1.57. The van der Waals surface area contributed by atoms with Crippen LogP contribution in [0, 0.1) is 0 Å². The van der Waals surface area contributed by atoms with E-state index in [1.807, 2.05) is 60.7 Å². The van der Waals surface area contributed by atoms with Crippen LogP contribution in [0.1, 0.15) is 16.7 Å². The third kappa shape index (κ3) is 5.16. The van der Waals surface area contributed by atoms with Gasteiger partial charge in [0.25, 0.3) is 0 Å². The van der Waals surface area contributed by atoms with Crippen molar-refractivity contribution in [1.29, 1.82) is 0 Å². The Kier molecular flexibility index (Phi) is 7.15. The van der Waals surface area contributed by atoms with E-state index in [-0.39, 0.29) is 6.61 Å². The van der Waals surface area contributed by atoms with Gasteiger partial charge in [-0.05, 0) is 23.8 Å². The van der Waals surface area contributed by atoms with E-state index in [0.717, 1.165) is 16.7 Å². The second kappa shape index (κ2) is 9.78. The highest BCUT2D eigenvalue weighted by Crippen LogP contribution is 2.37. The molecular weight excluding hydrogens is 413 g/mol. The molecule has 0 atom stereocenters. The Bertz CT molecular complexity index is 964. The zero-order valence-corrected chi connectivity index (χ0v) is 17.6. The maximum absolute atomic E-state index is 6.46. The van der Waals surface area contributed by atoms with E-state index in [9.17, 15) is 0 Å². The highest BCUT2D eigenvalue weighted by atomic mass is 35.5. The van der Waals surface area contributed by atoms with Crippen molar-refractivity contribution < 1.29 is 9.47 Å². The molecular formula is C22H19Cl2NO2S. The highest BCUT2D eigenvalue weighted by molar-refractivity contribution is 7.80. The van der Waals surface area contributed by atoms with E-state index in [1.165, 1.54) is 0 Å². The largest absolute Gasteiger partial charge is 0.493 e. The Morgan fingerprint density at radius 2 is 1.68 bits per heavy atom. The lowest BCUT2D eigenvalue weighted by Crippen LogP contribution is -2.21. The van der Waals surface area contributed by atoms with E-state index < -0.39 is 0 Å². The SMILES string of the molecule is COc1cc(C(=S)NCc2ccccc2)cc(Cl)c1OCc1ccccc1Cl. The first-order valence-corrected chi connectivity index (χ1v) is 9.80. The summed E-state index contributed by atoms with van der Waals surface area (Å²) in [6.07, 6.45) is 0. The van der Waals surface area contributed by atoms with Gasteiger partial charge in [0.05, 0.1) is 12.1 Å². The van der Waals surface area contributed by atoms with Crippen LogP contribution in [0.15, 0.2) is 66.7 Å². The van der Waals surface area contributed by atoms with Gasteiger partial charge in [-0.1, -0.05) is 84.0 Å². The van der Waals surface area contributed by atoms with Crippen molar-refractivity contribution in [2.24, 2.45) is 0 Å². The van der Waals surface area contributed by atoms with Crippen molar-refractivity contribution in [1.82, 2.24) is 5.32 Å². The molecule has 0 amide bonds. The first kappa shape index (κ1) is 20.5. The number of rotatable bonds is 7. The molecule has 3 aromatic carbocycles. The average Bonchev–Trinajstić information content (AvgIpc) is 2.72. The second-order valence-electron chi connectivity index (χ2n) is 6.04. The van der Waals surface area contributed by atoms with Gasteiger partial charge in [-0.15, -0.1) is 0 Å². The molecule has 0 bridgehead atoms. The molecule has 0 saturated carbocycles. The molecule has 1 N–H and O–H groups in total. The van der Waals surface area contributed by atoms with Gasteiger partial charge in [-0.2, -0.15) is 0 Å². The summed E-state index contributed by atoms with van der Waals surface area (Å²) in [5.41, 5.74) is 2.77. The normalized spacial score (nSPS) is 10.4. The number of nitrogens with one attached hydrogen (secondary N) is 1. The minimum Gasteiger partial charge on any atom is -0.493 e. The van der Waals surface area contributed by atoms with Gasteiger partial charge < -0.3 is 14.8 Å². The van der Waals surface area contributed by atoms with E-state index in [4.69, 9.17) is 44.9 Å². The Morgan fingerprint density at radius 1 is 0.964 bits per heavy atom. The summed E-state index contributed by atoms with van der Waals surface area (Å²) in [5.74, 6) is 0.970. The van der Waals surface area contributed by atoms with Crippen molar-refractivity contribution >= 4 is 40.4 Å². The van der Waals surface area contributed by atoms with Gasteiger partial charge in [0, 0.05) is 22.7 Å². The molecule has 0 unspecified atom stereocenters. The quantitative estimate of drug-likeness (QED) is 0.461. The van der Waals surface area contributed by atoms with Crippen LogP contribution >= 0.6 is 35.4 Å². The summed E-state index contributed by atoms with van der Waals surface area (Å²) in [5, 5.41) is 4.30. The average molecular weight is 432 g/mol. The maximum Gasteiger partial charge on any atom is 0.180 e. The molecule has 0 heterocycles. The number of halogens is 2. The van der Waals surface area contributed by atoms with Crippen molar-refractivity contribution in [3.63, 3.8) is 0 Å². The molecule has 6 heteroatoms. The Hall–Kier alpha value is -2.27. The molecule has 0 radical (unpaired) electrons. The van der Waals surface area contributed by atoms with Crippen molar-refractivity contribution in [3.05, 3.63) is 93.5 Å². The first-order chi connectivity index (χ1) is 13.6. The molecule has 0 aromatic heterocycles. The Balaban J connectivity index is 1.73. The van der Waals surface area contributed by atoms with E-state index >= 15 is 0 Å². The zero-order chi connectivity index (χ0) is 19.9. The molecule has 0 aliphatic carbocycles. The van der Waals surface area contributed by atoms with Crippen LogP contribution < -0.4 is 14.8 Å². The monoisotopic (exact) mass is 431 g/mol. The highest BCUT2D eigenvalue weighted by Gasteiger charge is 2.15. The molecule has 0 saturated heterocycles. The topological polar surface area (TPSA) is 30.5 Å². The summed E-state index contributed by atoms with van der Waals surface area (Å²) < 4.78 is 11.4. The number of methoxy groups -OCH3 is 1. The van der Waals surface area contributed by atoms with Gasteiger partial charge in [-0.3, -0.25) is 0 Å². The third-order valence-corrected chi connectivity index (χ3v) is 5.15. The number of hydrogen-bond donors (Lipinski definition) is 1. The number of ether oxygens (including phenoxy) is 2. The van der Waals surface area contributed by atoms with E-state index in [1.54, 1.807) is 13.2 Å². The van der Waals surface area contributed by atoms with Crippen LogP contribution in [-0.4, -0.2) is 12.1 Å². The first-order valence-electron chi connectivity index (χ1n) is 8.64. The lowest BCUT2D eigenvalue weighted by Gasteiger charge is -2.16. The standard InChI is InChI=1S/C22H19Cl2NO2S/c1-26-20-12-17(22(28)25-13-15-7-3-2-4-8-15)11-19(24)21(20)27-14-16-9-5-6-10-18(16)23/h2-12H,13-14H2,1H3,(H,25,28). The summed E-state index contributed by atoms with van der Waals surface area (Å²) in [6.45, 7) is 0.913. The summed E-state index contributed by atoms with van der Waals surface area (Å²) in [4.78, 5) is 0.585. The van der Waals surface area contributed by atoms with E-state index in [0.29, 0.717) is 33.1 Å². The minimum absolute atomic E-state index is 0.284. The summed E-state index contributed by atoms with van der Waals surface area (Å²) in [6, 6.07) is 21.1. The van der Waals surface area contributed by atoms with Crippen LogP contribution in [0.4, 0.5) is 0 Å². The van der Waals surface area contributed by atoms with Crippen molar-refractivity contribution in [2.45, 2.75) is 13.2 Å². The predicted octanol–water partition coefficient (Wildman–Crippen LogP) is 6.05. The van der Waals surface area contributed by atoms with Gasteiger partial charge in [0.15, 0.2) is 11.5 Å². The minimum atomic E-state index is 0.284. The smallest absolute Gasteiger partial charge is 0.180 e. The molecule has 3 aromatic rings. The van der Waals surface area contributed by atoms with E-state index in [2.05, 4.69) is 5.32 Å². The molecule has 0 spiro atoms. The molecule has 144 valence electrons. The van der Waals surface area contributed by atoms with Crippen LogP contribution in [0.5, 0.6) is 11.5 Å². The fourth-order valence-corrected chi connectivity index (χ4v) is 3.28. The predicted molar refractivity (Wildman–Crippen MR) is 119 cm³/mol.